The number of aryl methyl sites for hydroxylation is 1. The van der Waals surface area contributed by atoms with Crippen LogP contribution in [0.25, 0.3) is 0 Å². The highest BCUT2D eigenvalue weighted by atomic mass is 79.9. The van der Waals surface area contributed by atoms with Crippen LogP contribution in [0.4, 0.5) is 10.1 Å². The van der Waals surface area contributed by atoms with E-state index in [1.165, 1.54) is 12.1 Å². The van der Waals surface area contributed by atoms with Crippen LogP contribution < -0.4 is 10.5 Å². The molecule has 0 bridgehead atoms. The van der Waals surface area contributed by atoms with Gasteiger partial charge in [0.05, 0.1) is 0 Å². The van der Waals surface area contributed by atoms with Crippen molar-refractivity contribution in [3.05, 3.63) is 57.8 Å². The smallest absolute Gasteiger partial charge is 0.123 e. The second kappa shape index (κ2) is 5.40. The average Bonchev–Trinajstić information content (AvgIpc) is 2.30. The lowest BCUT2D eigenvalue weighted by Crippen LogP contribution is -2.01. The number of nitrogens with two attached hydrogens (primary N) is 1. The zero-order valence-electron chi connectivity index (χ0n) is 9.91. The third kappa shape index (κ3) is 3.01. The van der Waals surface area contributed by atoms with Gasteiger partial charge in [-0.2, -0.15) is 0 Å². The van der Waals surface area contributed by atoms with Gasteiger partial charge in [0.25, 0.3) is 0 Å². The molecule has 0 amide bonds. The highest BCUT2D eigenvalue weighted by Crippen LogP contribution is 2.23. The molecule has 2 N–H and O–H groups in total. The Labute approximate surface area is 114 Å². The van der Waals surface area contributed by atoms with Crippen molar-refractivity contribution in [3.8, 4) is 5.75 Å². The highest BCUT2D eigenvalue weighted by molar-refractivity contribution is 9.10. The molecule has 0 aromatic heterocycles. The van der Waals surface area contributed by atoms with Crippen molar-refractivity contribution in [2.24, 2.45) is 0 Å². The first-order chi connectivity index (χ1) is 8.56. The van der Waals surface area contributed by atoms with E-state index in [1.54, 1.807) is 6.07 Å². The van der Waals surface area contributed by atoms with Crippen LogP contribution in [0, 0.1) is 12.7 Å². The third-order valence-electron chi connectivity index (χ3n) is 2.63. The van der Waals surface area contributed by atoms with Gasteiger partial charge in [0.15, 0.2) is 0 Å². The molecule has 2 aromatic carbocycles. The predicted molar refractivity (Wildman–Crippen MR) is 74.0 cm³/mol. The fraction of sp³-hybridized carbons (Fsp3) is 0.143. The van der Waals surface area contributed by atoms with Gasteiger partial charge < -0.3 is 10.5 Å². The standard InChI is InChI=1S/C14H13BrFNO/c1-9-6-12(16)4-5-14(9)18-8-10-2-3-11(15)7-13(10)17/h2-7H,8,17H2,1H3. The van der Waals surface area contributed by atoms with Crippen LogP contribution in [0.15, 0.2) is 40.9 Å². The first-order valence-electron chi connectivity index (χ1n) is 5.49. The van der Waals surface area contributed by atoms with E-state index in [9.17, 15) is 4.39 Å². The number of benzene rings is 2. The van der Waals surface area contributed by atoms with E-state index in [2.05, 4.69) is 15.9 Å². The van der Waals surface area contributed by atoms with Crippen LogP contribution >= 0.6 is 15.9 Å². The van der Waals surface area contributed by atoms with Crippen LogP contribution in [-0.2, 0) is 6.61 Å². The van der Waals surface area contributed by atoms with Crippen molar-refractivity contribution in [2.75, 3.05) is 5.73 Å². The van der Waals surface area contributed by atoms with Crippen molar-refractivity contribution in [1.29, 1.82) is 0 Å². The number of hydrogen-bond acceptors (Lipinski definition) is 2. The van der Waals surface area contributed by atoms with Crippen LogP contribution in [0.1, 0.15) is 11.1 Å². The number of anilines is 1. The molecule has 0 unspecified atom stereocenters. The lowest BCUT2D eigenvalue weighted by atomic mass is 10.2. The van der Waals surface area contributed by atoms with Crippen LogP contribution in [0.2, 0.25) is 0 Å². The number of ether oxygens (including phenoxy) is 1. The van der Waals surface area contributed by atoms with Crippen LogP contribution in [-0.4, -0.2) is 0 Å². The summed E-state index contributed by atoms with van der Waals surface area (Å²) in [6.07, 6.45) is 0. The van der Waals surface area contributed by atoms with Crippen LogP contribution in [0.3, 0.4) is 0 Å². The van der Waals surface area contributed by atoms with E-state index >= 15 is 0 Å². The molecule has 0 aliphatic rings. The highest BCUT2D eigenvalue weighted by Gasteiger charge is 2.04. The maximum Gasteiger partial charge on any atom is 0.123 e. The fourth-order valence-corrected chi connectivity index (χ4v) is 2.01. The summed E-state index contributed by atoms with van der Waals surface area (Å²) in [5.74, 6) is 0.404. The Morgan fingerprint density at radius 2 is 2.00 bits per heavy atom. The molecule has 0 heterocycles. The largest absolute Gasteiger partial charge is 0.489 e. The Bertz CT molecular complexity index is 520. The molecular weight excluding hydrogens is 297 g/mol. The van der Waals surface area contributed by atoms with Gasteiger partial charge in [-0.3, -0.25) is 0 Å². The van der Waals surface area contributed by atoms with Gasteiger partial charge in [-0.15, -0.1) is 0 Å². The van der Waals surface area contributed by atoms with E-state index in [0.29, 0.717) is 18.0 Å². The molecule has 18 heavy (non-hydrogen) atoms. The molecule has 4 heteroatoms. The molecule has 2 nitrogen and oxygen atoms in total. The van der Waals surface area contributed by atoms with Crippen molar-refractivity contribution in [2.45, 2.75) is 13.5 Å². The van der Waals surface area contributed by atoms with E-state index in [4.69, 9.17) is 10.5 Å². The van der Waals surface area contributed by atoms with E-state index in [0.717, 1.165) is 15.6 Å². The first-order valence-corrected chi connectivity index (χ1v) is 6.28. The molecule has 0 aliphatic heterocycles. The Morgan fingerprint density at radius 1 is 1.22 bits per heavy atom. The van der Waals surface area contributed by atoms with Gasteiger partial charge in [-0.05, 0) is 42.8 Å². The first kappa shape index (κ1) is 12.9. The minimum Gasteiger partial charge on any atom is -0.489 e. The Hall–Kier alpha value is -1.55. The van der Waals surface area contributed by atoms with Gasteiger partial charge >= 0.3 is 0 Å². The van der Waals surface area contributed by atoms with Crippen molar-refractivity contribution in [1.82, 2.24) is 0 Å². The second-order valence-electron chi connectivity index (χ2n) is 4.04. The molecule has 0 saturated carbocycles. The molecule has 2 rings (SSSR count). The number of nitrogen functional groups attached to an aromatic ring is 1. The van der Waals surface area contributed by atoms with Crippen molar-refractivity contribution >= 4 is 21.6 Å². The molecule has 0 fully saturated rings. The summed E-state index contributed by atoms with van der Waals surface area (Å²) in [4.78, 5) is 0. The van der Waals surface area contributed by atoms with Crippen LogP contribution in [0.5, 0.6) is 5.75 Å². The topological polar surface area (TPSA) is 35.2 Å². The minimum absolute atomic E-state index is 0.261. The fourth-order valence-electron chi connectivity index (χ4n) is 1.63. The SMILES string of the molecule is Cc1cc(F)ccc1OCc1ccc(Br)cc1N. The van der Waals surface area contributed by atoms with Crippen molar-refractivity contribution < 1.29 is 9.13 Å². The van der Waals surface area contributed by atoms with E-state index < -0.39 is 0 Å². The maximum atomic E-state index is 12.9. The third-order valence-corrected chi connectivity index (χ3v) is 3.12. The summed E-state index contributed by atoms with van der Waals surface area (Å²) < 4.78 is 19.5. The summed E-state index contributed by atoms with van der Waals surface area (Å²) in [5.41, 5.74) is 8.22. The van der Waals surface area contributed by atoms with Gasteiger partial charge in [-0.25, -0.2) is 4.39 Å². The number of hydrogen-bond donors (Lipinski definition) is 1. The molecule has 2 aromatic rings. The summed E-state index contributed by atoms with van der Waals surface area (Å²) in [7, 11) is 0. The number of halogens is 2. The molecule has 0 spiro atoms. The summed E-state index contributed by atoms with van der Waals surface area (Å²) in [6, 6.07) is 10.1. The Balaban J connectivity index is 2.11. The predicted octanol–water partition coefficient (Wildman–Crippen LogP) is 4.06. The molecule has 94 valence electrons. The molecular formula is C14H13BrFNO. The second-order valence-corrected chi connectivity index (χ2v) is 4.96. The Morgan fingerprint density at radius 3 is 2.67 bits per heavy atom. The molecule has 0 radical (unpaired) electrons. The lowest BCUT2D eigenvalue weighted by molar-refractivity contribution is 0.304. The quantitative estimate of drug-likeness (QED) is 0.868. The van der Waals surface area contributed by atoms with Gasteiger partial charge in [0.1, 0.15) is 18.2 Å². The monoisotopic (exact) mass is 309 g/mol. The van der Waals surface area contributed by atoms with Gasteiger partial charge in [-0.1, -0.05) is 22.0 Å². The number of rotatable bonds is 3. The van der Waals surface area contributed by atoms with E-state index in [1.807, 2.05) is 25.1 Å². The van der Waals surface area contributed by atoms with Gasteiger partial charge in [0.2, 0.25) is 0 Å². The minimum atomic E-state index is -0.261. The lowest BCUT2D eigenvalue weighted by Gasteiger charge is -2.11. The molecule has 0 saturated heterocycles. The average molecular weight is 310 g/mol. The summed E-state index contributed by atoms with van der Waals surface area (Å²) in [6.45, 7) is 2.18. The maximum absolute atomic E-state index is 12.9. The zero-order chi connectivity index (χ0) is 13.1. The van der Waals surface area contributed by atoms with Crippen molar-refractivity contribution in [3.63, 3.8) is 0 Å². The molecule has 0 atom stereocenters. The Kier molecular flexibility index (Phi) is 3.87. The summed E-state index contributed by atoms with van der Waals surface area (Å²) >= 11 is 3.35. The summed E-state index contributed by atoms with van der Waals surface area (Å²) in [5, 5.41) is 0. The zero-order valence-corrected chi connectivity index (χ0v) is 11.5. The molecule has 0 aliphatic carbocycles. The van der Waals surface area contributed by atoms with Gasteiger partial charge in [0, 0.05) is 15.7 Å². The normalized spacial score (nSPS) is 10.4. The van der Waals surface area contributed by atoms with E-state index in [-0.39, 0.29) is 5.82 Å².